The average molecular weight is 506 g/mol. The van der Waals surface area contributed by atoms with Crippen molar-refractivity contribution in [3.8, 4) is 10.4 Å². The van der Waals surface area contributed by atoms with Crippen LogP contribution in [0.15, 0.2) is 78.2 Å². The summed E-state index contributed by atoms with van der Waals surface area (Å²) < 4.78 is 4.39. The summed E-state index contributed by atoms with van der Waals surface area (Å²) in [5.41, 5.74) is 7.74. The molecule has 3 amide bonds. The minimum Gasteiger partial charge on any atom is -0.466 e. The van der Waals surface area contributed by atoms with Gasteiger partial charge in [0.2, 0.25) is 5.91 Å². The van der Waals surface area contributed by atoms with Gasteiger partial charge in [-0.25, -0.2) is 4.79 Å². The molecule has 0 unspecified atom stereocenters. The van der Waals surface area contributed by atoms with Crippen molar-refractivity contribution >= 4 is 35.0 Å². The fourth-order valence-corrected chi connectivity index (χ4v) is 4.14. The van der Waals surface area contributed by atoms with Gasteiger partial charge in [0.05, 0.1) is 13.2 Å². The van der Waals surface area contributed by atoms with Gasteiger partial charge in [-0.3, -0.25) is 25.2 Å². The Balaban J connectivity index is 1.57. The first-order valence-electron chi connectivity index (χ1n) is 11.2. The van der Waals surface area contributed by atoms with Gasteiger partial charge in [0.1, 0.15) is 0 Å². The van der Waals surface area contributed by atoms with Crippen molar-refractivity contribution in [2.24, 2.45) is 0 Å². The molecule has 0 radical (unpaired) electrons. The Labute approximate surface area is 213 Å². The molecule has 0 spiro atoms. The molecule has 3 rings (SSSR count). The predicted molar refractivity (Wildman–Crippen MR) is 138 cm³/mol. The molecular weight excluding hydrogens is 478 g/mol. The predicted octanol–water partition coefficient (Wildman–Crippen LogP) is 3.72. The summed E-state index contributed by atoms with van der Waals surface area (Å²) in [6.07, 6.45) is 2.23. The number of methoxy groups -OCH3 is 1. The second kappa shape index (κ2) is 13.0. The van der Waals surface area contributed by atoms with Crippen LogP contribution < -0.4 is 16.2 Å². The summed E-state index contributed by atoms with van der Waals surface area (Å²) in [4.78, 5) is 49.0. The Morgan fingerprint density at radius 1 is 0.972 bits per heavy atom. The molecule has 8 nitrogen and oxygen atoms in total. The molecule has 0 aliphatic rings. The number of aryl methyl sites for hydroxylation is 1. The number of hydrazine groups is 1. The first-order valence-corrected chi connectivity index (χ1v) is 12.1. The zero-order valence-electron chi connectivity index (χ0n) is 19.9. The molecule has 0 aliphatic heterocycles. The van der Waals surface area contributed by atoms with E-state index in [9.17, 15) is 19.2 Å². The zero-order valence-corrected chi connectivity index (χ0v) is 20.8. The summed E-state index contributed by atoms with van der Waals surface area (Å²) in [6, 6.07) is 19.0. The van der Waals surface area contributed by atoms with E-state index in [2.05, 4.69) is 33.0 Å². The number of nitrogens with one attached hydrogen (secondary N) is 3. The van der Waals surface area contributed by atoms with Crippen molar-refractivity contribution in [2.75, 3.05) is 7.11 Å². The van der Waals surface area contributed by atoms with Crippen LogP contribution in [0.1, 0.15) is 40.9 Å². The van der Waals surface area contributed by atoms with Gasteiger partial charge in [-0.15, -0.1) is 11.3 Å². The van der Waals surface area contributed by atoms with Crippen molar-refractivity contribution in [1.29, 1.82) is 0 Å². The Bertz CT molecular complexity index is 1250. The Hall–Kier alpha value is -4.24. The highest BCUT2D eigenvalue weighted by Crippen LogP contribution is 2.27. The lowest BCUT2D eigenvalue weighted by atomic mass is 10.0. The first-order chi connectivity index (χ1) is 17.4. The van der Waals surface area contributed by atoms with Crippen LogP contribution in [0, 0.1) is 0 Å². The number of hydrogen-bond acceptors (Lipinski definition) is 6. The van der Waals surface area contributed by atoms with Gasteiger partial charge >= 0.3 is 5.97 Å². The summed E-state index contributed by atoms with van der Waals surface area (Å²) >= 11 is 1.66. The quantitative estimate of drug-likeness (QED) is 0.233. The summed E-state index contributed by atoms with van der Waals surface area (Å²) in [7, 11) is 1.19. The van der Waals surface area contributed by atoms with E-state index in [4.69, 9.17) is 0 Å². The van der Waals surface area contributed by atoms with Crippen LogP contribution in [0.3, 0.4) is 0 Å². The lowest BCUT2D eigenvalue weighted by Gasteiger charge is -2.17. The molecule has 2 aromatic carbocycles. The molecule has 0 saturated carbocycles. The summed E-state index contributed by atoms with van der Waals surface area (Å²) in [5.74, 6) is -2.04. The molecule has 1 atom stereocenters. The molecular formula is C27H27N3O5S. The smallest absolute Gasteiger partial charge is 0.330 e. The van der Waals surface area contributed by atoms with Crippen LogP contribution in [-0.2, 0) is 25.5 Å². The monoisotopic (exact) mass is 505 g/mol. The number of carbonyl (C=O) groups excluding carboxylic acids is 4. The summed E-state index contributed by atoms with van der Waals surface area (Å²) in [6.45, 7) is 1.93. The molecule has 0 saturated heterocycles. The third-order valence-corrected chi connectivity index (χ3v) is 6.24. The van der Waals surface area contributed by atoms with Crippen LogP contribution in [0.25, 0.3) is 10.4 Å². The molecule has 0 fully saturated rings. The molecule has 1 heterocycles. The standard InChI is InChI=1S/C27H27N3O5S/c1-18(20-8-5-9-21(17-20)23-11-6-16-36-23)28-27(34)22-10-4-3-7-19(22)12-13-24(31)29-30-25(32)14-15-26(33)35-2/h3-11,14-18H,12-13H2,1-2H3,(H,28,34)(H,29,31)(H,30,32)/b15-14+/t18-/m1/s1. The van der Waals surface area contributed by atoms with Crippen LogP contribution in [0.4, 0.5) is 0 Å². The van der Waals surface area contributed by atoms with E-state index >= 15 is 0 Å². The van der Waals surface area contributed by atoms with E-state index in [1.54, 1.807) is 35.6 Å². The third-order valence-electron chi connectivity index (χ3n) is 5.32. The van der Waals surface area contributed by atoms with E-state index in [1.165, 1.54) is 7.11 Å². The number of thiophene rings is 1. The van der Waals surface area contributed by atoms with Crippen LogP contribution in [0.2, 0.25) is 0 Å². The van der Waals surface area contributed by atoms with Crippen molar-refractivity contribution in [1.82, 2.24) is 16.2 Å². The average Bonchev–Trinajstić information content (AvgIpc) is 3.44. The van der Waals surface area contributed by atoms with E-state index in [0.717, 1.165) is 28.2 Å². The van der Waals surface area contributed by atoms with Gasteiger partial charge in [0, 0.05) is 29.0 Å². The van der Waals surface area contributed by atoms with Crippen molar-refractivity contribution in [3.05, 3.63) is 94.9 Å². The van der Waals surface area contributed by atoms with E-state index in [0.29, 0.717) is 17.5 Å². The Kier molecular flexibility index (Phi) is 9.53. The van der Waals surface area contributed by atoms with Crippen molar-refractivity contribution < 1.29 is 23.9 Å². The Morgan fingerprint density at radius 2 is 1.78 bits per heavy atom. The molecule has 3 aromatic rings. The highest BCUT2D eigenvalue weighted by Gasteiger charge is 2.16. The fraction of sp³-hybridized carbons (Fsp3) is 0.185. The minimum atomic E-state index is -0.684. The molecule has 3 N–H and O–H groups in total. The van der Waals surface area contributed by atoms with Crippen molar-refractivity contribution in [3.63, 3.8) is 0 Å². The lowest BCUT2D eigenvalue weighted by Crippen LogP contribution is -2.41. The zero-order chi connectivity index (χ0) is 25.9. The highest BCUT2D eigenvalue weighted by molar-refractivity contribution is 7.13. The van der Waals surface area contributed by atoms with Gasteiger partial charge in [-0.1, -0.05) is 42.5 Å². The maximum absolute atomic E-state index is 13.1. The van der Waals surface area contributed by atoms with E-state index < -0.39 is 17.8 Å². The molecule has 1 aromatic heterocycles. The highest BCUT2D eigenvalue weighted by atomic mass is 32.1. The number of carbonyl (C=O) groups is 4. The maximum Gasteiger partial charge on any atom is 0.330 e. The first kappa shape index (κ1) is 26.4. The number of hydrogen-bond donors (Lipinski definition) is 3. The van der Waals surface area contributed by atoms with Gasteiger partial charge in [0.25, 0.3) is 11.8 Å². The molecule has 186 valence electrons. The van der Waals surface area contributed by atoms with E-state index in [-0.39, 0.29) is 18.4 Å². The van der Waals surface area contributed by atoms with Gasteiger partial charge in [-0.2, -0.15) is 0 Å². The van der Waals surface area contributed by atoms with Crippen molar-refractivity contribution in [2.45, 2.75) is 25.8 Å². The number of rotatable bonds is 9. The van der Waals surface area contributed by atoms with Gasteiger partial charge < -0.3 is 10.1 Å². The number of benzene rings is 2. The molecule has 0 aliphatic carbocycles. The Morgan fingerprint density at radius 3 is 2.53 bits per heavy atom. The van der Waals surface area contributed by atoms with Crippen LogP contribution in [-0.4, -0.2) is 30.8 Å². The van der Waals surface area contributed by atoms with Gasteiger partial charge in [0.15, 0.2) is 0 Å². The van der Waals surface area contributed by atoms with Crippen LogP contribution in [0.5, 0.6) is 0 Å². The van der Waals surface area contributed by atoms with E-state index in [1.807, 2.05) is 36.6 Å². The summed E-state index contributed by atoms with van der Waals surface area (Å²) in [5, 5.41) is 5.07. The molecule has 36 heavy (non-hydrogen) atoms. The minimum absolute atomic E-state index is 0.0453. The third kappa shape index (κ3) is 7.64. The molecule has 9 heteroatoms. The second-order valence-electron chi connectivity index (χ2n) is 7.85. The number of amides is 3. The topological polar surface area (TPSA) is 114 Å². The maximum atomic E-state index is 13.1. The SMILES string of the molecule is COC(=O)/C=C/C(=O)NNC(=O)CCc1ccccc1C(=O)N[C@H](C)c1cccc(-c2cccs2)c1. The second-order valence-corrected chi connectivity index (χ2v) is 8.80. The number of esters is 1. The lowest BCUT2D eigenvalue weighted by molar-refractivity contribution is -0.135. The largest absolute Gasteiger partial charge is 0.466 e. The van der Waals surface area contributed by atoms with Gasteiger partial charge in [-0.05, 0) is 53.6 Å². The van der Waals surface area contributed by atoms with Crippen LogP contribution >= 0.6 is 11.3 Å². The normalized spacial score (nSPS) is 11.5. The molecule has 0 bridgehead atoms. The fourth-order valence-electron chi connectivity index (χ4n) is 3.42. The number of ether oxygens (including phenoxy) is 1.